The molecule has 2 nitrogen and oxygen atoms in total. The van der Waals surface area contributed by atoms with Crippen LogP contribution in [-0.2, 0) is 6.18 Å². The molecule has 0 unspecified atom stereocenters. The van der Waals surface area contributed by atoms with Gasteiger partial charge in [-0.1, -0.05) is 49.2 Å². The summed E-state index contributed by atoms with van der Waals surface area (Å²) >= 11 is 0. The van der Waals surface area contributed by atoms with Gasteiger partial charge in [-0.15, -0.1) is 5.92 Å². The van der Waals surface area contributed by atoms with E-state index in [1.807, 2.05) is 31.2 Å². The lowest BCUT2D eigenvalue weighted by Gasteiger charge is -2.11. The lowest BCUT2D eigenvalue weighted by molar-refractivity contribution is -0.137. The Morgan fingerprint density at radius 2 is 1.75 bits per heavy atom. The van der Waals surface area contributed by atoms with Crippen molar-refractivity contribution >= 4 is 16.7 Å². The number of halogens is 3. The van der Waals surface area contributed by atoms with Crippen LogP contribution in [0, 0.1) is 11.8 Å². The molecule has 0 aliphatic heterocycles. The van der Waals surface area contributed by atoms with Crippen molar-refractivity contribution in [2.75, 3.05) is 6.54 Å². The predicted octanol–water partition coefficient (Wildman–Crippen LogP) is 5.67. The molecular weight excluding hydrogens is 363 g/mol. The summed E-state index contributed by atoms with van der Waals surface area (Å²) < 4.78 is 38.3. The number of amides is 1. The maximum atomic E-state index is 12.8. The molecule has 5 heteroatoms. The Balaban J connectivity index is 1.90. The number of carbonyl (C=O) groups is 1. The molecule has 0 aliphatic carbocycles. The number of nitrogens with one attached hydrogen (secondary N) is 1. The summed E-state index contributed by atoms with van der Waals surface area (Å²) in [6.07, 6.45) is -3.63. The number of carbonyl (C=O) groups excluding carboxylic acids is 1. The van der Waals surface area contributed by atoms with Gasteiger partial charge in [-0.3, -0.25) is 4.79 Å². The fourth-order valence-corrected chi connectivity index (χ4v) is 2.93. The van der Waals surface area contributed by atoms with Crippen molar-refractivity contribution in [3.05, 3.63) is 71.8 Å². The van der Waals surface area contributed by atoms with Crippen molar-refractivity contribution in [2.45, 2.75) is 19.5 Å². The molecule has 0 fully saturated rings. The monoisotopic (exact) mass is 381 g/mol. The average Bonchev–Trinajstić information content (AvgIpc) is 2.69. The molecule has 3 aromatic carbocycles. The Hall–Kier alpha value is -3.26. The second-order valence-corrected chi connectivity index (χ2v) is 6.21. The minimum absolute atomic E-state index is 0.216. The lowest BCUT2D eigenvalue weighted by Crippen LogP contribution is -2.23. The molecule has 0 spiro atoms. The van der Waals surface area contributed by atoms with Crippen LogP contribution in [0.5, 0.6) is 0 Å². The van der Waals surface area contributed by atoms with Crippen LogP contribution >= 0.6 is 0 Å². The number of alkyl halides is 3. The number of fused-ring (bicyclic) bond motifs is 1. The standard InChI is InChI=1S/C23H18F3NO/c1-2-3-4-14-27-22(28)18-10-13-21-17(15-18)6-5-7-20(21)16-8-11-19(12-9-16)23(24,25)26/h5-13,15H,2,14H2,1H3,(H,27,28). The van der Waals surface area contributed by atoms with E-state index in [1.165, 1.54) is 12.1 Å². The van der Waals surface area contributed by atoms with Gasteiger partial charge in [0.15, 0.2) is 0 Å². The van der Waals surface area contributed by atoms with Crippen molar-refractivity contribution in [1.29, 1.82) is 0 Å². The predicted molar refractivity (Wildman–Crippen MR) is 105 cm³/mol. The van der Waals surface area contributed by atoms with E-state index in [9.17, 15) is 18.0 Å². The molecule has 3 rings (SSSR count). The van der Waals surface area contributed by atoms with E-state index in [1.54, 1.807) is 12.1 Å². The summed E-state index contributed by atoms with van der Waals surface area (Å²) in [4.78, 5) is 12.3. The molecule has 0 saturated heterocycles. The number of hydrogen-bond donors (Lipinski definition) is 1. The SMILES string of the molecule is CCC#CCNC(=O)c1ccc2c(-c3ccc(C(F)(F)F)cc3)cccc2c1. The van der Waals surface area contributed by atoms with E-state index in [0.717, 1.165) is 34.9 Å². The van der Waals surface area contributed by atoms with Gasteiger partial charge in [0, 0.05) is 12.0 Å². The summed E-state index contributed by atoms with van der Waals surface area (Å²) in [5.41, 5.74) is 1.33. The molecule has 3 aromatic rings. The van der Waals surface area contributed by atoms with Crippen LogP contribution in [0.1, 0.15) is 29.3 Å². The third-order valence-electron chi connectivity index (χ3n) is 4.30. The van der Waals surface area contributed by atoms with Crippen molar-refractivity contribution < 1.29 is 18.0 Å². The third kappa shape index (κ3) is 4.34. The first kappa shape index (κ1) is 19.5. The van der Waals surface area contributed by atoms with Gasteiger partial charge < -0.3 is 5.32 Å². The van der Waals surface area contributed by atoms with Crippen LogP contribution in [0.3, 0.4) is 0 Å². The fourth-order valence-electron chi connectivity index (χ4n) is 2.93. The second kappa shape index (κ2) is 8.18. The van der Waals surface area contributed by atoms with Crippen molar-refractivity contribution in [3.8, 4) is 23.0 Å². The van der Waals surface area contributed by atoms with Gasteiger partial charge in [-0.25, -0.2) is 0 Å². The van der Waals surface area contributed by atoms with Gasteiger partial charge >= 0.3 is 6.18 Å². The zero-order valence-electron chi connectivity index (χ0n) is 15.2. The van der Waals surface area contributed by atoms with Gasteiger partial charge in [0.05, 0.1) is 12.1 Å². The Bertz CT molecular complexity index is 1060. The molecule has 0 aromatic heterocycles. The summed E-state index contributed by atoms with van der Waals surface area (Å²) in [5.74, 6) is 5.53. The number of rotatable bonds is 3. The zero-order chi connectivity index (χ0) is 20.1. The maximum absolute atomic E-state index is 12.8. The van der Waals surface area contributed by atoms with Crippen LogP contribution in [0.4, 0.5) is 13.2 Å². The number of benzene rings is 3. The molecular formula is C23H18F3NO. The summed E-state index contributed by atoms with van der Waals surface area (Å²) in [6.45, 7) is 2.22. The van der Waals surface area contributed by atoms with Crippen LogP contribution in [0.25, 0.3) is 21.9 Å². The van der Waals surface area contributed by atoms with Crippen LogP contribution < -0.4 is 5.32 Å². The molecule has 1 amide bonds. The van der Waals surface area contributed by atoms with Gasteiger partial charge in [0.1, 0.15) is 0 Å². The van der Waals surface area contributed by atoms with Crippen molar-refractivity contribution in [1.82, 2.24) is 5.32 Å². The first-order valence-corrected chi connectivity index (χ1v) is 8.84. The highest BCUT2D eigenvalue weighted by atomic mass is 19.4. The second-order valence-electron chi connectivity index (χ2n) is 6.21. The largest absolute Gasteiger partial charge is 0.416 e. The van der Waals surface area contributed by atoms with E-state index in [2.05, 4.69) is 17.2 Å². The average molecular weight is 381 g/mol. The van der Waals surface area contributed by atoms with Gasteiger partial charge in [0.25, 0.3) is 5.91 Å². The number of hydrogen-bond acceptors (Lipinski definition) is 1. The first-order chi connectivity index (χ1) is 13.4. The summed E-state index contributed by atoms with van der Waals surface area (Å²) in [7, 11) is 0. The van der Waals surface area contributed by atoms with E-state index >= 15 is 0 Å². The van der Waals surface area contributed by atoms with Gasteiger partial charge in [-0.05, 0) is 46.2 Å². The minimum Gasteiger partial charge on any atom is -0.341 e. The van der Waals surface area contributed by atoms with Crippen LogP contribution in [0.2, 0.25) is 0 Å². The molecule has 1 N–H and O–H groups in total. The lowest BCUT2D eigenvalue weighted by atomic mass is 9.96. The maximum Gasteiger partial charge on any atom is 0.416 e. The van der Waals surface area contributed by atoms with E-state index in [0.29, 0.717) is 11.1 Å². The summed E-state index contributed by atoms with van der Waals surface area (Å²) in [5, 5.41) is 4.45. The van der Waals surface area contributed by atoms with Gasteiger partial charge in [-0.2, -0.15) is 13.2 Å². The fraction of sp³-hybridized carbons (Fsp3) is 0.174. The quantitative estimate of drug-likeness (QED) is 0.582. The Kier molecular flexibility index (Phi) is 5.70. The molecule has 0 radical (unpaired) electrons. The van der Waals surface area contributed by atoms with Crippen LogP contribution in [0.15, 0.2) is 60.7 Å². The molecule has 0 heterocycles. The Labute approximate surface area is 161 Å². The molecule has 0 atom stereocenters. The highest BCUT2D eigenvalue weighted by molar-refractivity contribution is 6.02. The highest BCUT2D eigenvalue weighted by Crippen LogP contribution is 2.33. The third-order valence-corrected chi connectivity index (χ3v) is 4.30. The molecule has 28 heavy (non-hydrogen) atoms. The van der Waals surface area contributed by atoms with Crippen molar-refractivity contribution in [3.63, 3.8) is 0 Å². The molecule has 0 bridgehead atoms. The summed E-state index contributed by atoms with van der Waals surface area (Å²) in [6, 6.07) is 15.9. The van der Waals surface area contributed by atoms with E-state index in [4.69, 9.17) is 0 Å². The molecule has 142 valence electrons. The molecule has 0 aliphatic rings. The van der Waals surface area contributed by atoms with Crippen molar-refractivity contribution in [2.24, 2.45) is 0 Å². The Morgan fingerprint density at radius 1 is 1.00 bits per heavy atom. The Morgan fingerprint density at radius 3 is 2.43 bits per heavy atom. The smallest absolute Gasteiger partial charge is 0.341 e. The van der Waals surface area contributed by atoms with E-state index in [-0.39, 0.29) is 12.5 Å². The molecule has 0 saturated carbocycles. The first-order valence-electron chi connectivity index (χ1n) is 8.84. The van der Waals surface area contributed by atoms with E-state index < -0.39 is 11.7 Å². The normalized spacial score (nSPS) is 11.0. The topological polar surface area (TPSA) is 29.1 Å². The van der Waals surface area contributed by atoms with Gasteiger partial charge in [0.2, 0.25) is 0 Å². The minimum atomic E-state index is -4.36. The highest BCUT2D eigenvalue weighted by Gasteiger charge is 2.30. The zero-order valence-corrected chi connectivity index (χ0v) is 15.2. The van der Waals surface area contributed by atoms with Crippen LogP contribution in [-0.4, -0.2) is 12.5 Å².